The lowest BCUT2D eigenvalue weighted by Crippen LogP contribution is -3.00. The number of piperazine rings is 1. The normalized spacial score (nSPS) is 16.0. The third-order valence-electron chi connectivity index (χ3n) is 19.3. The average molecular weight is 1980 g/mol. The molecule has 5 rings (SSSR count). The predicted molar refractivity (Wildman–Crippen MR) is 587 cm³/mol. The maximum atomic E-state index is 11.7. The van der Waals surface area contributed by atoms with E-state index in [-0.39, 0.29) is 35.6 Å². The second kappa shape index (κ2) is 80.6. The van der Waals surface area contributed by atoms with Gasteiger partial charge in [-0.25, -0.2) is 0 Å². The monoisotopic (exact) mass is 1980 g/mol. The van der Waals surface area contributed by atoms with Crippen LogP contribution in [0.1, 0.15) is 320 Å². The minimum absolute atomic E-state index is 0. The number of ketones is 1. The Labute approximate surface area is 838 Å². The number of carbonyl (C=O) groups is 2. The number of unbranched alkanes of at least 4 members (excludes halogenated alkanes) is 11. The number of ether oxygens (including phenoxy) is 6. The molecule has 128 heavy (non-hydrogen) atoms. The number of likely N-dealkylation sites (tertiary alicyclic amines) is 2. The Bertz CT molecular complexity index is 2590. The summed E-state index contributed by atoms with van der Waals surface area (Å²) in [6.45, 7) is 90.0. The summed E-state index contributed by atoms with van der Waals surface area (Å²) in [5.41, 5.74) is 0.520. The molecule has 0 aromatic heterocycles. The number of benzene rings is 1. The van der Waals surface area contributed by atoms with Crippen LogP contribution in [-0.2, 0) is 33.2 Å². The van der Waals surface area contributed by atoms with E-state index in [1.165, 1.54) is 204 Å². The van der Waals surface area contributed by atoms with Crippen molar-refractivity contribution in [3.05, 3.63) is 35.9 Å². The number of hydrogen-bond acceptors (Lipinski definition) is 22. The van der Waals surface area contributed by atoms with E-state index in [0.29, 0.717) is 77.6 Å². The largest absolute Gasteiger partial charge is 1.00 e. The molecule has 0 amide bonds. The molecule has 0 aliphatic carbocycles. The van der Waals surface area contributed by atoms with Crippen molar-refractivity contribution in [2.75, 3.05) is 260 Å². The molecule has 4 saturated heterocycles. The second-order valence-electron chi connectivity index (χ2n) is 44.2. The lowest BCUT2D eigenvalue weighted by Gasteiger charge is -2.32. The molecule has 1 aromatic rings. The molecule has 24 heteroatoms. The molecule has 1 atom stereocenters. The van der Waals surface area contributed by atoms with Gasteiger partial charge in [-0.3, -0.25) is 24.3 Å². The number of rotatable bonds is 47. The van der Waals surface area contributed by atoms with Gasteiger partial charge in [0.1, 0.15) is 6.04 Å². The van der Waals surface area contributed by atoms with Gasteiger partial charge in [0.15, 0.2) is 5.78 Å². The first-order valence-corrected chi connectivity index (χ1v) is 57.4. The number of nitrogens with zero attached hydrogens (tertiary/aromatic N) is 7. The van der Waals surface area contributed by atoms with Gasteiger partial charge < -0.3 is 60.0 Å². The third kappa shape index (κ3) is 109. The zero-order valence-corrected chi connectivity index (χ0v) is 98.1. The van der Waals surface area contributed by atoms with Crippen LogP contribution in [0.4, 0.5) is 0 Å². The molecular formula is C104H214ClN7O8S8. The molecular weight excluding hydrogens is 1770 g/mol. The molecule has 0 N–H and O–H groups in total. The van der Waals surface area contributed by atoms with Crippen molar-refractivity contribution in [1.29, 1.82) is 0 Å². The fraction of sp³-hybridized carbons (Fsp3) is 0.923. The van der Waals surface area contributed by atoms with Crippen molar-refractivity contribution in [2.45, 2.75) is 354 Å². The van der Waals surface area contributed by atoms with Crippen LogP contribution in [0.2, 0.25) is 0 Å². The van der Waals surface area contributed by atoms with Crippen LogP contribution in [0.15, 0.2) is 30.3 Å². The lowest BCUT2D eigenvalue weighted by atomic mass is 9.87. The molecule has 15 nitrogen and oxygen atoms in total. The maximum absolute atomic E-state index is 11.7. The summed E-state index contributed by atoms with van der Waals surface area (Å²) in [5, 5.41) is 0. The highest BCUT2D eigenvalue weighted by Crippen LogP contribution is 2.30. The van der Waals surface area contributed by atoms with Gasteiger partial charge in [0.2, 0.25) is 0 Å². The Hall–Kier alpha value is 0.970. The summed E-state index contributed by atoms with van der Waals surface area (Å²) in [6, 6.07) is 9.41. The van der Waals surface area contributed by atoms with Crippen molar-refractivity contribution in [3.63, 3.8) is 0 Å². The van der Waals surface area contributed by atoms with Gasteiger partial charge in [0.05, 0.1) is 94.3 Å². The summed E-state index contributed by atoms with van der Waals surface area (Å²) in [7, 11) is 14.6. The first kappa shape index (κ1) is 137. The summed E-state index contributed by atoms with van der Waals surface area (Å²) >= 11 is 16.2. The maximum Gasteiger partial charge on any atom is 0.323 e. The number of carbonyl (C=O) groups excluding carboxylic acids is 2. The standard InChI is InChI=1S/C18H38S.C15H32O4S.C12H23NO2S.C11H24N2S.C11H14O.C10H21NOS.C10H21NS.C9H22NS.C8H19NS.ClH/c1-5-6-7-8-9-10-11-12-13-14-15-16-17-19-18(2,3)4;1-5-6-16-7-8-17-9-10-18-11-12-19-13-14-20-15(2,3)4;1-12(2,3)16-9-8-13-7-5-6-10(13)11(14)15-4;1-11(2,3)14-10-9-13-7-5-12(4)6-8-13;1-11(2,3)10(12)9-7-5-4-6-8-9;1-10(2,3)13-9-6-11-4-7-12-8-5-11;1-10(2,3)12-9-8-11-6-4-5-7-11;1-9(2,3)11-8-7-10(4,5)6;1-8(2,3)10-7-6-9(4)5;/h5-17H2,1-4H3;5-14H2,1-4H3;10H,5-9H2,1-4H3;5-10H2,1-4H3;4-8H,1-3H3;4-9H2,1-3H3;4-9H2,1-3H3;7-8H2,1-6H3;6-7H2,1-5H3;1H/q;;;;;;;+1;;/p-1. The van der Waals surface area contributed by atoms with E-state index in [2.05, 4.69) is 287 Å². The zero-order chi connectivity index (χ0) is 97.6. The summed E-state index contributed by atoms with van der Waals surface area (Å²) in [5.74, 6) is 9.88. The van der Waals surface area contributed by atoms with Gasteiger partial charge in [-0.05, 0) is 85.1 Å². The van der Waals surface area contributed by atoms with Crippen LogP contribution in [0.3, 0.4) is 0 Å². The van der Waals surface area contributed by atoms with Gasteiger partial charge in [0, 0.05) is 168 Å². The molecule has 0 saturated carbocycles. The number of halogens is 1. The van der Waals surface area contributed by atoms with Gasteiger partial charge in [-0.2, -0.15) is 94.1 Å². The number of Topliss-reactive ketones (excluding diaryl/α,β-unsaturated/α-hetero) is 1. The van der Waals surface area contributed by atoms with Gasteiger partial charge in [0.25, 0.3) is 0 Å². The van der Waals surface area contributed by atoms with Gasteiger partial charge in [-0.1, -0.05) is 302 Å². The van der Waals surface area contributed by atoms with Crippen LogP contribution in [-0.4, -0.2) is 349 Å². The van der Waals surface area contributed by atoms with Crippen LogP contribution >= 0.6 is 94.1 Å². The number of methoxy groups -OCH3 is 1. The van der Waals surface area contributed by atoms with E-state index < -0.39 is 0 Å². The predicted octanol–water partition coefficient (Wildman–Crippen LogP) is 22.8. The van der Waals surface area contributed by atoms with Crippen molar-refractivity contribution in [1.82, 2.24) is 29.4 Å². The highest BCUT2D eigenvalue weighted by molar-refractivity contribution is 8.02. The van der Waals surface area contributed by atoms with E-state index in [4.69, 9.17) is 28.4 Å². The van der Waals surface area contributed by atoms with Crippen molar-refractivity contribution in [2.24, 2.45) is 5.41 Å². The van der Waals surface area contributed by atoms with E-state index in [1.807, 2.05) is 110 Å². The summed E-state index contributed by atoms with van der Waals surface area (Å²) in [6.07, 6.45) is 23.4. The Morgan fingerprint density at radius 3 is 1.12 bits per heavy atom. The lowest BCUT2D eigenvalue weighted by molar-refractivity contribution is -0.867. The third-order valence-corrected chi connectivity index (χ3v) is 29.4. The Morgan fingerprint density at radius 1 is 0.398 bits per heavy atom. The van der Waals surface area contributed by atoms with Crippen LogP contribution in [0.5, 0.6) is 0 Å². The SMILES string of the molecule is CC(C)(C)C(=O)c1ccccc1.CC(C)(C)SCCN1CCCC1.CC(C)(C)SCCN1CCOCC1.CC(C)(C)SCC[N+](C)(C)C.CCCCCCCCCCCCCCSC(C)(C)C.CCCOCCOCCOCCOCCSC(C)(C)C.CN(C)CCSC(C)(C)C.CN1CCN(CCSC(C)(C)C)CC1.COC(=O)C1CCCN1CCSC(C)(C)C.[Cl-]. The Balaban J connectivity index is -0.000000446. The van der Waals surface area contributed by atoms with Crippen molar-refractivity contribution in [3.8, 4) is 0 Å². The molecule has 4 fully saturated rings. The number of esters is 1. The summed E-state index contributed by atoms with van der Waals surface area (Å²) in [4.78, 5) is 37.7. The fourth-order valence-corrected chi connectivity index (χ4v) is 20.0. The van der Waals surface area contributed by atoms with E-state index >= 15 is 0 Å². The quantitative estimate of drug-likeness (QED) is 0.0267. The van der Waals surface area contributed by atoms with Crippen molar-refractivity contribution >= 4 is 106 Å². The first-order chi connectivity index (χ1) is 58.8. The molecule has 0 radical (unpaired) electrons. The highest BCUT2D eigenvalue weighted by Gasteiger charge is 2.32. The number of thioether (sulfide) groups is 8. The number of hydrogen-bond donors (Lipinski definition) is 0. The van der Waals surface area contributed by atoms with Gasteiger partial charge in [-0.15, -0.1) is 0 Å². The first-order valence-electron chi connectivity index (χ1n) is 49.6. The zero-order valence-electron chi connectivity index (χ0n) is 90.9. The molecule has 0 spiro atoms. The topological polar surface area (TPSA) is 109 Å². The highest BCUT2D eigenvalue weighted by atomic mass is 35.5. The smallest absolute Gasteiger partial charge is 0.323 e. The molecule has 768 valence electrons. The van der Waals surface area contributed by atoms with E-state index in [1.54, 1.807) is 0 Å². The van der Waals surface area contributed by atoms with Crippen LogP contribution in [0.25, 0.3) is 0 Å². The molecule has 0 bridgehead atoms. The Morgan fingerprint density at radius 2 is 0.742 bits per heavy atom. The number of quaternary nitrogens is 1. The molecule has 4 aliphatic rings. The van der Waals surface area contributed by atoms with Crippen molar-refractivity contribution < 1.29 is 54.9 Å². The molecule has 1 aromatic carbocycles. The average Bonchev–Trinajstić information content (AvgIpc) is 1.47. The minimum atomic E-state index is -0.276. The van der Waals surface area contributed by atoms with Crippen LogP contribution < -0.4 is 12.4 Å². The number of morpholine rings is 1. The summed E-state index contributed by atoms with van der Waals surface area (Å²) < 4.78 is 36.0. The minimum Gasteiger partial charge on any atom is -1.00 e. The van der Waals surface area contributed by atoms with E-state index in [0.717, 1.165) is 93.4 Å². The molecule has 4 heterocycles. The van der Waals surface area contributed by atoms with E-state index in [9.17, 15) is 9.59 Å². The molecule has 1 unspecified atom stereocenters. The Kier molecular flexibility index (Phi) is 86.6. The fourth-order valence-electron chi connectivity index (χ4n) is 12.1. The van der Waals surface area contributed by atoms with Crippen LogP contribution in [0, 0.1) is 5.41 Å². The molecule has 4 aliphatic heterocycles. The second-order valence-corrected chi connectivity index (χ2v) is 59.5. The number of likely N-dealkylation sites (N-methyl/N-ethyl adjacent to an activating group) is 1. The van der Waals surface area contributed by atoms with Gasteiger partial charge >= 0.3 is 5.97 Å².